The molecule has 72 valence electrons. The highest BCUT2D eigenvalue weighted by Gasteiger charge is 2.14. The number of nitro groups is 1. The maximum atomic E-state index is 10.4. The van der Waals surface area contributed by atoms with Gasteiger partial charge in [0, 0.05) is 23.9 Å². The molecule has 0 bridgehead atoms. The zero-order valence-corrected chi connectivity index (χ0v) is 7.95. The van der Waals surface area contributed by atoms with Gasteiger partial charge in [-0.15, -0.1) is 0 Å². The summed E-state index contributed by atoms with van der Waals surface area (Å²) in [7, 11) is 0. The summed E-state index contributed by atoms with van der Waals surface area (Å²) in [5.74, 6) is 0.820. The summed E-state index contributed by atoms with van der Waals surface area (Å²) in [4.78, 5) is 13.9. The lowest BCUT2D eigenvalue weighted by molar-refractivity contribution is -0.380. The zero-order valence-electron chi connectivity index (χ0n) is 7.13. The molecule has 14 heavy (non-hydrogen) atoms. The number of aromatic nitrogens is 2. The average molecular weight is 211 g/mol. The summed E-state index contributed by atoms with van der Waals surface area (Å²) in [6.07, 6.45) is 0. The van der Waals surface area contributed by atoms with Crippen LogP contribution in [0.15, 0.2) is 16.0 Å². The average Bonchev–Trinajstić information content (AvgIpc) is 2.70. The molecule has 0 amide bonds. The van der Waals surface area contributed by atoms with E-state index in [0.29, 0.717) is 17.3 Å². The Morgan fingerprint density at radius 1 is 1.64 bits per heavy atom. The first kappa shape index (κ1) is 8.82. The van der Waals surface area contributed by atoms with Crippen molar-refractivity contribution in [2.45, 2.75) is 6.92 Å². The molecule has 0 fully saturated rings. The molecule has 7 heteroatoms. The minimum absolute atomic E-state index is 0.0717. The molecule has 2 aromatic rings. The highest BCUT2D eigenvalue weighted by molar-refractivity contribution is 7.13. The molecule has 2 rings (SSSR count). The van der Waals surface area contributed by atoms with Crippen LogP contribution in [0.25, 0.3) is 11.4 Å². The number of nitrogens with zero attached hydrogens (tertiary/aromatic N) is 3. The van der Waals surface area contributed by atoms with E-state index in [2.05, 4.69) is 10.1 Å². The molecule has 0 aliphatic heterocycles. The highest BCUT2D eigenvalue weighted by atomic mass is 32.1. The van der Waals surface area contributed by atoms with Crippen molar-refractivity contribution >= 4 is 16.3 Å². The van der Waals surface area contributed by atoms with Crippen LogP contribution in [-0.2, 0) is 0 Å². The minimum atomic E-state index is -0.443. The fourth-order valence-corrected chi connectivity index (χ4v) is 1.66. The normalized spacial score (nSPS) is 10.4. The largest absolute Gasteiger partial charge is 0.339 e. The topological polar surface area (TPSA) is 82.1 Å². The molecule has 0 atom stereocenters. The van der Waals surface area contributed by atoms with Crippen LogP contribution in [-0.4, -0.2) is 15.1 Å². The van der Waals surface area contributed by atoms with Crippen LogP contribution in [0, 0.1) is 17.0 Å². The van der Waals surface area contributed by atoms with Crippen molar-refractivity contribution in [3.8, 4) is 11.4 Å². The number of thiophene rings is 1. The van der Waals surface area contributed by atoms with Crippen molar-refractivity contribution in [2.75, 3.05) is 0 Å². The van der Waals surface area contributed by atoms with Crippen LogP contribution in [0.4, 0.5) is 5.00 Å². The standard InChI is InChI=1S/C7H5N3O3S/c1-4-8-7(9-13-4)5-2-6(10(11)12)14-3-5/h2-3H,1H3. The van der Waals surface area contributed by atoms with Crippen LogP contribution in [0.5, 0.6) is 0 Å². The van der Waals surface area contributed by atoms with Crippen LogP contribution < -0.4 is 0 Å². The van der Waals surface area contributed by atoms with E-state index in [1.165, 1.54) is 6.07 Å². The lowest BCUT2D eigenvalue weighted by Crippen LogP contribution is -1.82. The van der Waals surface area contributed by atoms with Crippen LogP contribution in [0.1, 0.15) is 5.89 Å². The lowest BCUT2D eigenvalue weighted by Gasteiger charge is -1.81. The van der Waals surface area contributed by atoms with Gasteiger partial charge in [0.1, 0.15) is 0 Å². The first-order chi connectivity index (χ1) is 6.66. The Hall–Kier alpha value is -1.76. The van der Waals surface area contributed by atoms with E-state index >= 15 is 0 Å². The van der Waals surface area contributed by atoms with Gasteiger partial charge in [0.2, 0.25) is 11.7 Å². The number of hydrogen-bond acceptors (Lipinski definition) is 6. The summed E-state index contributed by atoms with van der Waals surface area (Å²) >= 11 is 1.04. The van der Waals surface area contributed by atoms with Gasteiger partial charge in [-0.25, -0.2) is 0 Å². The first-order valence-electron chi connectivity index (χ1n) is 3.70. The molecule has 0 unspecified atom stereocenters. The Labute approximate surface area is 82.3 Å². The quantitative estimate of drug-likeness (QED) is 0.560. The van der Waals surface area contributed by atoms with E-state index in [1.807, 2.05) is 0 Å². The fraction of sp³-hybridized carbons (Fsp3) is 0.143. The number of rotatable bonds is 2. The van der Waals surface area contributed by atoms with Crippen molar-refractivity contribution in [2.24, 2.45) is 0 Å². The Bertz CT molecular complexity index is 476. The smallest absolute Gasteiger partial charge is 0.324 e. The Balaban J connectivity index is 2.38. The summed E-state index contributed by atoms with van der Waals surface area (Å²) in [5.41, 5.74) is 0.610. The van der Waals surface area contributed by atoms with Crippen LogP contribution in [0.3, 0.4) is 0 Å². The molecule has 0 aliphatic rings. The highest BCUT2D eigenvalue weighted by Crippen LogP contribution is 2.28. The van der Waals surface area contributed by atoms with Crippen LogP contribution >= 0.6 is 11.3 Å². The molecule has 6 nitrogen and oxygen atoms in total. The van der Waals surface area contributed by atoms with E-state index in [4.69, 9.17) is 4.52 Å². The van der Waals surface area contributed by atoms with E-state index in [1.54, 1.807) is 12.3 Å². The van der Waals surface area contributed by atoms with E-state index in [0.717, 1.165) is 11.3 Å². The third-order valence-corrected chi connectivity index (χ3v) is 2.43. The third-order valence-electron chi connectivity index (χ3n) is 1.55. The Morgan fingerprint density at radius 3 is 2.93 bits per heavy atom. The maximum Gasteiger partial charge on any atom is 0.324 e. The van der Waals surface area contributed by atoms with Gasteiger partial charge in [-0.05, 0) is 0 Å². The SMILES string of the molecule is Cc1nc(-c2csc([N+](=O)[O-])c2)no1. The van der Waals surface area contributed by atoms with Gasteiger partial charge in [0.05, 0.1) is 4.92 Å². The predicted octanol–water partition coefficient (Wildman–Crippen LogP) is 2.01. The predicted molar refractivity (Wildman–Crippen MR) is 49.0 cm³/mol. The van der Waals surface area contributed by atoms with Gasteiger partial charge >= 0.3 is 5.00 Å². The molecule has 0 radical (unpaired) electrons. The van der Waals surface area contributed by atoms with Gasteiger partial charge in [-0.1, -0.05) is 16.5 Å². The van der Waals surface area contributed by atoms with Crippen molar-refractivity contribution < 1.29 is 9.45 Å². The van der Waals surface area contributed by atoms with Crippen molar-refractivity contribution in [1.29, 1.82) is 0 Å². The van der Waals surface area contributed by atoms with Crippen molar-refractivity contribution in [1.82, 2.24) is 10.1 Å². The van der Waals surface area contributed by atoms with E-state index < -0.39 is 4.92 Å². The third kappa shape index (κ3) is 1.49. The molecule has 0 saturated carbocycles. The maximum absolute atomic E-state index is 10.4. The molecular formula is C7H5N3O3S. The summed E-state index contributed by atoms with van der Waals surface area (Å²) < 4.78 is 4.76. The summed E-state index contributed by atoms with van der Waals surface area (Å²) in [5, 5.41) is 15.8. The van der Waals surface area contributed by atoms with Gasteiger partial charge in [0.15, 0.2) is 0 Å². The van der Waals surface area contributed by atoms with Gasteiger partial charge in [0.25, 0.3) is 0 Å². The minimum Gasteiger partial charge on any atom is -0.339 e. The Kier molecular flexibility index (Phi) is 2.01. The number of hydrogen-bond donors (Lipinski definition) is 0. The van der Waals surface area contributed by atoms with Crippen molar-refractivity contribution in [3.05, 3.63) is 27.5 Å². The lowest BCUT2D eigenvalue weighted by atomic mass is 10.3. The molecule has 0 N–H and O–H groups in total. The second kappa shape index (κ2) is 3.18. The molecule has 0 aliphatic carbocycles. The number of aryl methyl sites for hydroxylation is 1. The van der Waals surface area contributed by atoms with Crippen molar-refractivity contribution in [3.63, 3.8) is 0 Å². The molecule has 2 heterocycles. The second-order valence-corrected chi connectivity index (χ2v) is 3.46. The molecule has 2 aromatic heterocycles. The van der Waals surface area contributed by atoms with Gasteiger partial charge in [-0.3, -0.25) is 10.1 Å². The Morgan fingerprint density at radius 2 is 2.43 bits per heavy atom. The molecule has 0 spiro atoms. The second-order valence-electron chi connectivity index (χ2n) is 2.57. The molecule has 0 saturated heterocycles. The van der Waals surface area contributed by atoms with Gasteiger partial charge < -0.3 is 4.52 Å². The first-order valence-corrected chi connectivity index (χ1v) is 4.58. The monoisotopic (exact) mass is 211 g/mol. The van der Waals surface area contributed by atoms with Crippen LogP contribution in [0.2, 0.25) is 0 Å². The van der Waals surface area contributed by atoms with Gasteiger partial charge in [-0.2, -0.15) is 4.98 Å². The fourth-order valence-electron chi connectivity index (χ4n) is 0.954. The molecular weight excluding hydrogens is 206 g/mol. The zero-order chi connectivity index (χ0) is 10.1. The molecule has 0 aromatic carbocycles. The van der Waals surface area contributed by atoms with E-state index in [9.17, 15) is 10.1 Å². The summed E-state index contributed by atoms with van der Waals surface area (Å²) in [6, 6.07) is 1.43. The van der Waals surface area contributed by atoms with E-state index in [-0.39, 0.29) is 5.00 Å². The summed E-state index contributed by atoms with van der Waals surface area (Å²) in [6.45, 7) is 1.66.